The lowest BCUT2D eigenvalue weighted by atomic mass is 10.0. The Hall–Kier alpha value is -2.52. The SMILES string of the molecule is CCCCCCc1ccc2cc(C#Cc3ccc(C)cc3)ccc2c1. The fraction of sp³-hybridized carbons (Fsp3) is 0.280. The van der Waals surface area contributed by atoms with E-state index in [0.717, 1.165) is 11.1 Å². The molecule has 0 radical (unpaired) electrons. The van der Waals surface area contributed by atoms with E-state index in [1.807, 2.05) is 0 Å². The van der Waals surface area contributed by atoms with E-state index in [4.69, 9.17) is 0 Å². The molecule has 0 aliphatic heterocycles. The molecule has 0 aromatic heterocycles. The summed E-state index contributed by atoms with van der Waals surface area (Å²) in [5.74, 6) is 6.54. The zero-order valence-electron chi connectivity index (χ0n) is 15.3. The first-order chi connectivity index (χ1) is 12.2. The van der Waals surface area contributed by atoms with Crippen LogP contribution in [0.25, 0.3) is 10.8 Å². The molecule has 0 aliphatic carbocycles. The van der Waals surface area contributed by atoms with Crippen molar-refractivity contribution >= 4 is 10.8 Å². The van der Waals surface area contributed by atoms with Gasteiger partial charge >= 0.3 is 0 Å². The van der Waals surface area contributed by atoms with Crippen LogP contribution in [0, 0.1) is 18.8 Å². The Balaban J connectivity index is 1.73. The summed E-state index contributed by atoms with van der Waals surface area (Å²) in [4.78, 5) is 0. The molecular weight excluding hydrogens is 300 g/mol. The number of fused-ring (bicyclic) bond motifs is 1. The second-order valence-corrected chi connectivity index (χ2v) is 6.82. The second-order valence-electron chi connectivity index (χ2n) is 6.82. The zero-order chi connectivity index (χ0) is 17.5. The van der Waals surface area contributed by atoms with Gasteiger partial charge in [-0.3, -0.25) is 0 Å². The molecule has 25 heavy (non-hydrogen) atoms. The Bertz CT molecular complexity index is 889. The highest BCUT2D eigenvalue weighted by molar-refractivity contribution is 5.84. The summed E-state index contributed by atoms with van der Waals surface area (Å²) in [6.45, 7) is 4.36. The summed E-state index contributed by atoms with van der Waals surface area (Å²) in [6, 6.07) is 21.7. The van der Waals surface area contributed by atoms with Gasteiger partial charge in [0.05, 0.1) is 0 Å². The van der Waals surface area contributed by atoms with Crippen molar-refractivity contribution in [2.45, 2.75) is 46.0 Å². The summed E-state index contributed by atoms with van der Waals surface area (Å²) in [6.07, 6.45) is 6.45. The summed E-state index contributed by atoms with van der Waals surface area (Å²) in [5.41, 5.74) is 4.85. The van der Waals surface area contributed by atoms with Gasteiger partial charge in [-0.1, -0.05) is 80.0 Å². The van der Waals surface area contributed by atoms with Gasteiger partial charge in [0.1, 0.15) is 0 Å². The van der Waals surface area contributed by atoms with Gasteiger partial charge in [0.15, 0.2) is 0 Å². The molecule has 0 N–H and O–H groups in total. The summed E-state index contributed by atoms with van der Waals surface area (Å²) in [7, 11) is 0. The Morgan fingerprint density at radius 2 is 1.36 bits per heavy atom. The molecule has 0 unspecified atom stereocenters. The minimum atomic E-state index is 1.06. The number of hydrogen-bond donors (Lipinski definition) is 0. The van der Waals surface area contributed by atoms with E-state index in [9.17, 15) is 0 Å². The fourth-order valence-electron chi connectivity index (χ4n) is 3.07. The lowest BCUT2D eigenvalue weighted by Gasteiger charge is -2.04. The third-order valence-electron chi connectivity index (χ3n) is 4.63. The van der Waals surface area contributed by atoms with Crippen LogP contribution in [0.4, 0.5) is 0 Å². The van der Waals surface area contributed by atoms with Crippen molar-refractivity contribution < 1.29 is 0 Å². The smallest absolute Gasteiger partial charge is 0.0255 e. The van der Waals surface area contributed by atoms with Crippen molar-refractivity contribution in [1.82, 2.24) is 0 Å². The van der Waals surface area contributed by atoms with Crippen molar-refractivity contribution in [3.63, 3.8) is 0 Å². The normalized spacial score (nSPS) is 10.5. The van der Waals surface area contributed by atoms with Gasteiger partial charge in [-0.25, -0.2) is 0 Å². The molecule has 0 bridgehead atoms. The highest BCUT2D eigenvalue weighted by Crippen LogP contribution is 2.19. The Labute approximate surface area is 151 Å². The molecule has 0 heteroatoms. The van der Waals surface area contributed by atoms with Crippen LogP contribution in [0.1, 0.15) is 54.9 Å². The van der Waals surface area contributed by atoms with Crippen molar-refractivity contribution in [3.8, 4) is 11.8 Å². The van der Waals surface area contributed by atoms with Gasteiger partial charge in [-0.2, -0.15) is 0 Å². The predicted octanol–water partition coefficient (Wildman–Crippen LogP) is 6.67. The van der Waals surface area contributed by atoms with Crippen LogP contribution in [-0.4, -0.2) is 0 Å². The first-order valence-corrected chi connectivity index (χ1v) is 9.36. The molecule has 0 amide bonds. The predicted molar refractivity (Wildman–Crippen MR) is 109 cm³/mol. The third kappa shape index (κ3) is 4.97. The van der Waals surface area contributed by atoms with Crippen LogP contribution in [0.5, 0.6) is 0 Å². The van der Waals surface area contributed by atoms with Crippen LogP contribution < -0.4 is 0 Å². The van der Waals surface area contributed by atoms with Crippen molar-refractivity contribution in [2.24, 2.45) is 0 Å². The lowest BCUT2D eigenvalue weighted by molar-refractivity contribution is 0.667. The number of aryl methyl sites for hydroxylation is 2. The second kappa shape index (κ2) is 8.54. The fourth-order valence-corrected chi connectivity index (χ4v) is 3.07. The van der Waals surface area contributed by atoms with Gasteiger partial charge in [0.2, 0.25) is 0 Å². The van der Waals surface area contributed by atoms with Crippen molar-refractivity contribution in [3.05, 3.63) is 82.9 Å². The number of unbranched alkanes of at least 4 members (excludes halogenated alkanes) is 3. The van der Waals surface area contributed by atoms with Crippen LogP contribution in [0.3, 0.4) is 0 Å². The Morgan fingerprint density at radius 1 is 0.680 bits per heavy atom. The van der Waals surface area contributed by atoms with E-state index < -0.39 is 0 Å². The molecule has 0 heterocycles. The third-order valence-corrected chi connectivity index (χ3v) is 4.63. The quantitative estimate of drug-likeness (QED) is 0.363. The van der Waals surface area contributed by atoms with E-state index >= 15 is 0 Å². The van der Waals surface area contributed by atoms with Gasteiger partial charge in [0, 0.05) is 11.1 Å². The summed E-state index contributed by atoms with van der Waals surface area (Å²) >= 11 is 0. The van der Waals surface area contributed by atoms with Crippen LogP contribution in [-0.2, 0) is 6.42 Å². The molecule has 0 nitrogen and oxygen atoms in total. The molecule has 0 spiro atoms. The molecule has 0 aliphatic rings. The molecule has 126 valence electrons. The molecule has 0 saturated heterocycles. The van der Waals surface area contributed by atoms with Crippen molar-refractivity contribution in [2.75, 3.05) is 0 Å². The maximum Gasteiger partial charge on any atom is 0.0255 e. The Morgan fingerprint density at radius 3 is 2.16 bits per heavy atom. The largest absolute Gasteiger partial charge is 0.0654 e. The van der Waals surface area contributed by atoms with E-state index in [1.54, 1.807) is 0 Å². The molecule has 0 atom stereocenters. The first kappa shape index (κ1) is 17.3. The van der Waals surface area contributed by atoms with Gasteiger partial charge in [-0.15, -0.1) is 0 Å². The highest BCUT2D eigenvalue weighted by atomic mass is 14.0. The molecule has 0 fully saturated rings. The van der Waals surface area contributed by atoms with Crippen LogP contribution >= 0.6 is 0 Å². The van der Waals surface area contributed by atoms with E-state index in [1.165, 1.54) is 54.0 Å². The van der Waals surface area contributed by atoms with Crippen LogP contribution in [0.15, 0.2) is 60.7 Å². The maximum atomic E-state index is 3.29. The molecule has 0 saturated carbocycles. The van der Waals surface area contributed by atoms with Gasteiger partial charge < -0.3 is 0 Å². The standard InChI is InChI=1S/C25H26/c1-3-4-5-6-7-22-14-16-25-19-23(15-17-24(25)18-22)13-12-21-10-8-20(2)9-11-21/h8-11,14-19H,3-7H2,1-2H3. The lowest BCUT2D eigenvalue weighted by Crippen LogP contribution is -1.87. The Kier molecular flexibility index (Phi) is 5.91. The number of rotatable bonds is 5. The zero-order valence-corrected chi connectivity index (χ0v) is 15.3. The summed E-state index contributed by atoms with van der Waals surface area (Å²) < 4.78 is 0. The first-order valence-electron chi connectivity index (χ1n) is 9.36. The van der Waals surface area contributed by atoms with E-state index in [0.29, 0.717) is 0 Å². The van der Waals surface area contributed by atoms with Gasteiger partial charge in [0.25, 0.3) is 0 Å². The van der Waals surface area contributed by atoms with Crippen molar-refractivity contribution in [1.29, 1.82) is 0 Å². The summed E-state index contributed by atoms with van der Waals surface area (Å²) in [5, 5.41) is 2.59. The molecule has 3 aromatic carbocycles. The van der Waals surface area contributed by atoms with E-state index in [2.05, 4.69) is 86.4 Å². The molecule has 3 aromatic rings. The average molecular weight is 326 g/mol. The molecule has 3 rings (SSSR count). The minimum Gasteiger partial charge on any atom is -0.0654 e. The molecular formula is C25H26. The maximum absolute atomic E-state index is 3.29. The average Bonchev–Trinajstić information content (AvgIpc) is 2.64. The monoisotopic (exact) mass is 326 g/mol. The number of hydrogen-bond acceptors (Lipinski definition) is 0. The number of benzene rings is 3. The topological polar surface area (TPSA) is 0 Å². The highest BCUT2D eigenvalue weighted by Gasteiger charge is 1.99. The van der Waals surface area contributed by atoms with Gasteiger partial charge in [-0.05, 0) is 60.4 Å². The van der Waals surface area contributed by atoms with E-state index in [-0.39, 0.29) is 0 Å². The minimum absolute atomic E-state index is 1.06. The van der Waals surface area contributed by atoms with Crippen LogP contribution in [0.2, 0.25) is 0 Å².